The van der Waals surface area contributed by atoms with Gasteiger partial charge in [-0.25, -0.2) is 0 Å². The van der Waals surface area contributed by atoms with Gasteiger partial charge in [-0.3, -0.25) is 9.59 Å². The predicted molar refractivity (Wildman–Crippen MR) is 63.4 cm³/mol. The van der Waals surface area contributed by atoms with Gasteiger partial charge in [0.05, 0.1) is 34.0 Å². The van der Waals surface area contributed by atoms with Crippen LogP contribution < -0.4 is 0 Å². The summed E-state index contributed by atoms with van der Waals surface area (Å²) in [5.41, 5.74) is 0. The van der Waals surface area contributed by atoms with E-state index in [9.17, 15) is 9.59 Å². The standard InChI is InChI=1S/C10H18BrNO4/c1-12(2,3)7-8(6-9(13)14)16-10(15)4-5-11/h8H,4-7H2,1-3H3/p+1. The van der Waals surface area contributed by atoms with Crippen LogP contribution in [0.3, 0.4) is 0 Å². The van der Waals surface area contributed by atoms with E-state index < -0.39 is 12.1 Å². The van der Waals surface area contributed by atoms with Gasteiger partial charge in [-0.2, -0.15) is 0 Å². The van der Waals surface area contributed by atoms with Crippen molar-refractivity contribution < 1.29 is 23.9 Å². The average molecular weight is 297 g/mol. The first-order chi connectivity index (χ1) is 7.24. The Morgan fingerprint density at radius 2 is 1.94 bits per heavy atom. The molecule has 0 amide bonds. The number of aliphatic carboxylic acids is 1. The maximum Gasteiger partial charge on any atom is 0.307 e. The van der Waals surface area contributed by atoms with Crippen LogP contribution in [-0.4, -0.2) is 60.6 Å². The Kier molecular flexibility index (Phi) is 6.59. The van der Waals surface area contributed by atoms with Crippen molar-refractivity contribution in [3.63, 3.8) is 0 Å². The Balaban J connectivity index is 4.31. The SMILES string of the molecule is C[N+](C)(C)CC(CC(=O)O)OC(=O)CCBr. The van der Waals surface area contributed by atoms with E-state index in [0.717, 1.165) is 0 Å². The van der Waals surface area contributed by atoms with E-state index in [2.05, 4.69) is 15.9 Å². The molecule has 1 atom stereocenters. The molecule has 1 unspecified atom stereocenters. The molecular formula is C10H19BrNO4+. The highest BCUT2D eigenvalue weighted by molar-refractivity contribution is 9.09. The van der Waals surface area contributed by atoms with Crippen molar-refractivity contribution in [2.75, 3.05) is 33.0 Å². The fourth-order valence-electron chi connectivity index (χ4n) is 1.27. The molecule has 6 heteroatoms. The van der Waals surface area contributed by atoms with Crippen molar-refractivity contribution in [2.45, 2.75) is 18.9 Å². The molecule has 1 N–H and O–H groups in total. The molecule has 0 aromatic heterocycles. The summed E-state index contributed by atoms with van der Waals surface area (Å²) < 4.78 is 5.67. The van der Waals surface area contributed by atoms with Crippen LogP contribution in [-0.2, 0) is 14.3 Å². The topological polar surface area (TPSA) is 63.6 Å². The molecule has 94 valence electrons. The number of hydrogen-bond acceptors (Lipinski definition) is 3. The second-order valence-corrected chi connectivity index (χ2v) is 5.41. The normalized spacial score (nSPS) is 13.2. The fraction of sp³-hybridized carbons (Fsp3) is 0.800. The molecule has 0 radical (unpaired) electrons. The zero-order valence-electron chi connectivity index (χ0n) is 9.90. The molecule has 0 saturated heterocycles. The van der Waals surface area contributed by atoms with Crippen molar-refractivity contribution in [3.8, 4) is 0 Å². The number of quaternary nitrogens is 1. The summed E-state index contributed by atoms with van der Waals surface area (Å²) in [7, 11) is 5.77. The first kappa shape index (κ1) is 15.4. The van der Waals surface area contributed by atoms with Gasteiger partial charge >= 0.3 is 11.9 Å². The molecule has 0 bridgehead atoms. The summed E-state index contributed by atoms with van der Waals surface area (Å²) in [4.78, 5) is 21.9. The lowest BCUT2D eigenvalue weighted by Crippen LogP contribution is -2.43. The average Bonchev–Trinajstić information content (AvgIpc) is 1.98. The lowest BCUT2D eigenvalue weighted by molar-refractivity contribution is -0.873. The number of carboxylic acids is 1. The first-order valence-corrected chi connectivity index (χ1v) is 6.14. The van der Waals surface area contributed by atoms with Crippen LogP contribution in [0, 0.1) is 0 Å². The maximum atomic E-state index is 11.3. The van der Waals surface area contributed by atoms with Crippen molar-refractivity contribution in [3.05, 3.63) is 0 Å². The van der Waals surface area contributed by atoms with Gasteiger partial charge in [-0.1, -0.05) is 15.9 Å². The lowest BCUT2D eigenvalue weighted by atomic mass is 10.2. The summed E-state index contributed by atoms with van der Waals surface area (Å²) in [6.07, 6.45) is -0.458. The van der Waals surface area contributed by atoms with E-state index >= 15 is 0 Å². The van der Waals surface area contributed by atoms with Crippen molar-refractivity contribution in [2.24, 2.45) is 0 Å². The molecule has 5 nitrogen and oxygen atoms in total. The van der Waals surface area contributed by atoms with Crippen molar-refractivity contribution in [1.82, 2.24) is 0 Å². The molecule has 0 aromatic carbocycles. The van der Waals surface area contributed by atoms with Gasteiger partial charge in [0.2, 0.25) is 0 Å². The second kappa shape index (κ2) is 6.85. The minimum absolute atomic E-state index is 0.149. The highest BCUT2D eigenvalue weighted by Gasteiger charge is 2.24. The quantitative estimate of drug-likeness (QED) is 0.430. The van der Waals surface area contributed by atoms with Crippen molar-refractivity contribution in [1.29, 1.82) is 0 Å². The smallest absolute Gasteiger partial charge is 0.307 e. The number of rotatable bonds is 7. The zero-order valence-corrected chi connectivity index (χ0v) is 11.5. The number of carbonyl (C=O) groups is 2. The molecule has 0 saturated carbocycles. The highest BCUT2D eigenvalue weighted by atomic mass is 79.9. The molecular weight excluding hydrogens is 278 g/mol. The summed E-state index contributed by atoms with van der Waals surface area (Å²) in [6.45, 7) is 0.486. The maximum absolute atomic E-state index is 11.3. The van der Waals surface area contributed by atoms with Gasteiger partial charge in [-0.15, -0.1) is 0 Å². The Morgan fingerprint density at radius 3 is 2.31 bits per heavy atom. The summed E-state index contributed by atoms with van der Waals surface area (Å²) in [5.74, 6) is -1.32. The number of nitrogens with zero attached hydrogens (tertiary/aromatic N) is 1. The van der Waals surface area contributed by atoms with Crippen LogP contribution in [0.5, 0.6) is 0 Å². The van der Waals surface area contributed by atoms with E-state index in [-0.39, 0.29) is 18.8 Å². The number of alkyl halides is 1. The second-order valence-electron chi connectivity index (χ2n) is 4.62. The third-order valence-corrected chi connectivity index (χ3v) is 2.15. The summed E-state index contributed by atoms with van der Waals surface area (Å²) in [5, 5.41) is 9.24. The Hall–Kier alpha value is -0.620. The molecule has 0 heterocycles. The third kappa shape index (κ3) is 8.67. The number of carboxylic acid groups (broad SMARTS) is 1. The monoisotopic (exact) mass is 296 g/mol. The first-order valence-electron chi connectivity index (χ1n) is 5.02. The fourth-order valence-corrected chi connectivity index (χ4v) is 1.59. The van der Waals surface area contributed by atoms with Crippen LogP contribution in [0.2, 0.25) is 0 Å². The van der Waals surface area contributed by atoms with Crippen molar-refractivity contribution >= 4 is 27.9 Å². The third-order valence-electron chi connectivity index (χ3n) is 1.75. The lowest BCUT2D eigenvalue weighted by Gasteiger charge is -2.28. The van der Waals surface area contributed by atoms with Gasteiger partial charge in [0.1, 0.15) is 6.54 Å². The number of carbonyl (C=O) groups excluding carboxylic acids is 1. The van der Waals surface area contributed by atoms with Crippen LogP contribution in [0.1, 0.15) is 12.8 Å². The van der Waals surface area contributed by atoms with Crippen LogP contribution in [0.25, 0.3) is 0 Å². The molecule has 0 fully saturated rings. The van der Waals surface area contributed by atoms with E-state index in [1.54, 1.807) is 0 Å². The minimum atomic E-state index is -0.954. The Bertz CT molecular complexity index is 250. The summed E-state index contributed by atoms with van der Waals surface area (Å²) in [6, 6.07) is 0. The molecule has 0 aliphatic heterocycles. The molecule has 0 rings (SSSR count). The zero-order chi connectivity index (χ0) is 12.8. The van der Waals surface area contributed by atoms with Gasteiger partial charge in [0.15, 0.2) is 6.10 Å². The largest absolute Gasteiger partial charge is 0.481 e. The molecule has 0 aliphatic rings. The number of likely N-dealkylation sites (N-methyl/N-ethyl adjacent to an activating group) is 1. The molecule has 0 aliphatic carbocycles. The van der Waals surface area contributed by atoms with Gasteiger partial charge in [0.25, 0.3) is 0 Å². The molecule has 16 heavy (non-hydrogen) atoms. The van der Waals surface area contributed by atoms with Gasteiger partial charge < -0.3 is 14.3 Å². The van der Waals surface area contributed by atoms with Crippen LogP contribution in [0.15, 0.2) is 0 Å². The molecule has 0 spiro atoms. The van der Waals surface area contributed by atoms with E-state index in [4.69, 9.17) is 9.84 Å². The molecule has 0 aromatic rings. The number of ether oxygens (including phenoxy) is 1. The van der Waals surface area contributed by atoms with Crippen LogP contribution >= 0.6 is 15.9 Å². The predicted octanol–water partition coefficient (Wildman–Crippen LogP) is 0.864. The highest BCUT2D eigenvalue weighted by Crippen LogP contribution is 2.06. The van der Waals surface area contributed by atoms with Gasteiger partial charge in [0, 0.05) is 5.33 Å². The number of esters is 1. The number of halogens is 1. The van der Waals surface area contributed by atoms with E-state index in [1.807, 2.05) is 21.1 Å². The minimum Gasteiger partial charge on any atom is -0.481 e. The van der Waals surface area contributed by atoms with Crippen LogP contribution in [0.4, 0.5) is 0 Å². The summed E-state index contributed by atoms with van der Waals surface area (Å²) >= 11 is 3.13. The van der Waals surface area contributed by atoms with E-state index in [1.165, 1.54) is 0 Å². The van der Waals surface area contributed by atoms with Gasteiger partial charge in [-0.05, 0) is 0 Å². The van der Waals surface area contributed by atoms with E-state index in [0.29, 0.717) is 16.4 Å². The number of hydrogen-bond donors (Lipinski definition) is 1. The Morgan fingerprint density at radius 1 is 1.38 bits per heavy atom. The Labute approximate surface area is 104 Å².